The highest BCUT2D eigenvalue weighted by atomic mass is 16.5. The van der Waals surface area contributed by atoms with Crippen LogP contribution >= 0.6 is 0 Å². The number of nitrogens with one attached hydrogen (secondary N) is 1. The van der Waals surface area contributed by atoms with Gasteiger partial charge in [0.25, 0.3) is 0 Å². The van der Waals surface area contributed by atoms with Gasteiger partial charge < -0.3 is 10.1 Å². The molecule has 1 aromatic rings. The van der Waals surface area contributed by atoms with E-state index in [9.17, 15) is 0 Å². The monoisotopic (exact) mass is 209 g/mol. The minimum absolute atomic E-state index is 0.541. The lowest BCUT2D eigenvalue weighted by atomic mass is 10.1. The highest BCUT2D eigenvalue weighted by molar-refractivity contribution is 5.38. The molecule has 0 unspecified atom stereocenters. The van der Waals surface area contributed by atoms with Crippen molar-refractivity contribution in [1.29, 1.82) is 0 Å². The first-order valence-electron chi connectivity index (χ1n) is 5.66. The molecule has 1 fully saturated rings. The average molecular weight is 209 g/mol. The molecule has 1 aliphatic rings. The van der Waals surface area contributed by atoms with Crippen molar-refractivity contribution in [2.45, 2.75) is 32.2 Å². The molecule has 2 rings (SSSR count). The standard InChI is InChI=1S/C11H19N3O/c1-3-9-8-11(14(2)13-9)12-10-4-6-15-7-5-10/h8,10,12H,3-7H2,1-2H3. The normalized spacial score (nSPS) is 18.0. The highest BCUT2D eigenvalue weighted by Crippen LogP contribution is 2.15. The van der Waals surface area contributed by atoms with Crippen LogP contribution in [0, 0.1) is 0 Å². The van der Waals surface area contributed by atoms with Crippen molar-refractivity contribution in [2.75, 3.05) is 18.5 Å². The Hall–Kier alpha value is -1.03. The van der Waals surface area contributed by atoms with E-state index in [2.05, 4.69) is 23.4 Å². The molecular weight excluding hydrogens is 190 g/mol. The molecule has 4 heteroatoms. The molecule has 1 aliphatic heterocycles. The second-order valence-corrected chi connectivity index (χ2v) is 4.03. The SMILES string of the molecule is CCc1cc(NC2CCOCC2)n(C)n1. The molecule has 15 heavy (non-hydrogen) atoms. The Morgan fingerprint density at radius 3 is 2.87 bits per heavy atom. The molecule has 0 atom stereocenters. The lowest BCUT2D eigenvalue weighted by molar-refractivity contribution is 0.0903. The summed E-state index contributed by atoms with van der Waals surface area (Å²) >= 11 is 0. The fourth-order valence-electron chi connectivity index (χ4n) is 1.89. The van der Waals surface area contributed by atoms with E-state index in [0.29, 0.717) is 6.04 Å². The van der Waals surface area contributed by atoms with Gasteiger partial charge in [-0.05, 0) is 19.3 Å². The fraction of sp³-hybridized carbons (Fsp3) is 0.727. The Kier molecular flexibility index (Phi) is 3.26. The number of rotatable bonds is 3. The van der Waals surface area contributed by atoms with Crippen LogP contribution in [0.3, 0.4) is 0 Å². The quantitative estimate of drug-likeness (QED) is 0.821. The van der Waals surface area contributed by atoms with Crippen LogP contribution in [-0.4, -0.2) is 29.0 Å². The highest BCUT2D eigenvalue weighted by Gasteiger charge is 2.15. The molecule has 1 saturated heterocycles. The molecule has 0 radical (unpaired) electrons. The van der Waals surface area contributed by atoms with Gasteiger partial charge in [-0.15, -0.1) is 0 Å². The number of hydrogen-bond acceptors (Lipinski definition) is 3. The van der Waals surface area contributed by atoms with E-state index in [1.807, 2.05) is 11.7 Å². The van der Waals surface area contributed by atoms with E-state index < -0.39 is 0 Å². The Morgan fingerprint density at radius 1 is 1.53 bits per heavy atom. The third-order valence-electron chi connectivity index (χ3n) is 2.87. The summed E-state index contributed by atoms with van der Waals surface area (Å²) in [7, 11) is 1.99. The molecule has 2 heterocycles. The molecule has 0 amide bonds. The molecule has 1 N–H and O–H groups in total. The van der Waals surface area contributed by atoms with E-state index in [4.69, 9.17) is 4.74 Å². The van der Waals surface area contributed by atoms with Crippen molar-refractivity contribution in [1.82, 2.24) is 9.78 Å². The van der Waals surface area contributed by atoms with E-state index in [-0.39, 0.29) is 0 Å². The van der Waals surface area contributed by atoms with E-state index in [1.165, 1.54) is 0 Å². The summed E-state index contributed by atoms with van der Waals surface area (Å²) in [5, 5.41) is 7.94. The van der Waals surface area contributed by atoms with Gasteiger partial charge in [-0.1, -0.05) is 6.92 Å². The van der Waals surface area contributed by atoms with Crippen molar-refractivity contribution in [3.8, 4) is 0 Å². The maximum Gasteiger partial charge on any atom is 0.124 e. The van der Waals surface area contributed by atoms with Crippen LogP contribution in [-0.2, 0) is 18.2 Å². The molecule has 4 nitrogen and oxygen atoms in total. The molecule has 1 aromatic heterocycles. The lowest BCUT2D eigenvalue weighted by Gasteiger charge is -2.23. The molecule has 0 spiro atoms. The van der Waals surface area contributed by atoms with Crippen LogP contribution in [0.15, 0.2) is 6.07 Å². The predicted octanol–water partition coefficient (Wildman–Crippen LogP) is 1.57. The minimum Gasteiger partial charge on any atom is -0.381 e. The van der Waals surface area contributed by atoms with Gasteiger partial charge in [-0.3, -0.25) is 4.68 Å². The molecule has 0 saturated carbocycles. The second kappa shape index (κ2) is 4.66. The van der Waals surface area contributed by atoms with Crippen LogP contribution < -0.4 is 5.32 Å². The fourth-order valence-corrected chi connectivity index (χ4v) is 1.89. The van der Waals surface area contributed by atoms with Crippen LogP contribution in [0.5, 0.6) is 0 Å². The van der Waals surface area contributed by atoms with Crippen LogP contribution in [0.2, 0.25) is 0 Å². The summed E-state index contributed by atoms with van der Waals surface area (Å²) in [6.07, 6.45) is 3.17. The van der Waals surface area contributed by atoms with E-state index in [1.54, 1.807) is 0 Å². The third-order valence-corrected chi connectivity index (χ3v) is 2.87. The zero-order valence-corrected chi connectivity index (χ0v) is 9.49. The summed E-state index contributed by atoms with van der Waals surface area (Å²) in [6, 6.07) is 2.67. The minimum atomic E-state index is 0.541. The molecule has 84 valence electrons. The van der Waals surface area contributed by atoms with Crippen LogP contribution in [0.25, 0.3) is 0 Å². The average Bonchev–Trinajstić information content (AvgIpc) is 2.61. The van der Waals surface area contributed by atoms with Gasteiger partial charge >= 0.3 is 0 Å². The van der Waals surface area contributed by atoms with Crippen molar-refractivity contribution in [2.24, 2.45) is 7.05 Å². The molecule has 0 aliphatic carbocycles. The molecule has 0 bridgehead atoms. The second-order valence-electron chi connectivity index (χ2n) is 4.03. The third kappa shape index (κ3) is 2.50. The Balaban J connectivity index is 1.99. The van der Waals surface area contributed by atoms with Gasteiger partial charge in [-0.25, -0.2) is 0 Å². The predicted molar refractivity (Wildman–Crippen MR) is 60.0 cm³/mol. The zero-order valence-electron chi connectivity index (χ0n) is 9.49. The van der Waals surface area contributed by atoms with E-state index >= 15 is 0 Å². The lowest BCUT2D eigenvalue weighted by Crippen LogP contribution is -2.28. The van der Waals surface area contributed by atoms with Crippen LogP contribution in [0.4, 0.5) is 5.82 Å². The van der Waals surface area contributed by atoms with Gasteiger partial charge in [0.05, 0.1) is 5.69 Å². The maximum absolute atomic E-state index is 5.33. The van der Waals surface area contributed by atoms with Gasteiger partial charge in [0.1, 0.15) is 5.82 Å². The topological polar surface area (TPSA) is 39.1 Å². The van der Waals surface area contributed by atoms with Crippen molar-refractivity contribution in [3.05, 3.63) is 11.8 Å². The first-order chi connectivity index (χ1) is 7.29. The first kappa shape index (κ1) is 10.5. The van der Waals surface area contributed by atoms with Crippen LogP contribution in [0.1, 0.15) is 25.5 Å². The van der Waals surface area contributed by atoms with E-state index in [0.717, 1.165) is 44.0 Å². The van der Waals surface area contributed by atoms with Crippen molar-refractivity contribution in [3.63, 3.8) is 0 Å². The Labute approximate surface area is 90.6 Å². The molecular formula is C11H19N3O. The smallest absolute Gasteiger partial charge is 0.124 e. The van der Waals surface area contributed by atoms with Gasteiger partial charge in [0, 0.05) is 32.4 Å². The first-order valence-corrected chi connectivity index (χ1v) is 5.66. The zero-order chi connectivity index (χ0) is 10.7. The summed E-state index contributed by atoms with van der Waals surface area (Å²) in [6.45, 7) is 3.87. The number of nitrogens with zero attached hydrogens (tertiary/aromatic N) is 2. The van der Waals surface area contributed by atoms with Gasteiger partial charge in [-0.2, -0.15) is 5.10 Å². The summed E-state index contributed by atoms with van der Waals surface area (Å²) < 4.78 is 7.26. The summed E-state index contributed by atoms with van der Waals surface area (Å²) in [4.78, 5) is 0. The largest absolute Gasteiger partial charge is 0.381 e. The number of ether oxygens (including phenoxy) is 1. The van der Waals surface area contributed by atoms with Gasteiger partial charge in [0.2, 0.25) is 0 Å². The Morgan fingerprint density at radius 2 is 2.27 bits per heavy atom. The van der Waals surface area contributed by atoms with Crippen molar-refractivity contribution >= 4 is 5.82 Å². The number of aromatic nitrogens is 2. The van der Waals surface area contributed by atoms with Crippen molar-refractivity contribution < 1.29 is 4.74 Å². The number of aryl methyl sites for hydroxylation is 2. The number of hydrogen-bond donors (Lipinski definition) is 1. The number of anilines is 1. The van der Waals surface area contributed by atoms with Gasteiger partial charge in [0.15, 0.2) is 0 Å². The maximum atomic E-state index is 5.33. The molecule has 0 aromatic carbocycles. The summed E-state index contributed by atoms with van der Waals surface area (Å²) in [5.74, 6) is 1.12. The summed E-state index contributed by atoms with van der Waals surface area (Å²) in [5.41, 5.74) is 1.15. The Bertz CT molecular complexity index is 316.